The standard InChI is InChI=1S/C19H18O3/c1-20-17-11-14-9-10-15(13-7-5-4-6-8-13)19(22-3)16(14)12-18(17)21-2/h4-12H,1-3H3. The first kappa shape index (κ1) is 14.3. The van der Waals surface area contributed by atoms with Crippen LogP contribution in [0.4, 0.5) is 0 Å². The van der Waals surface area contributed by atoms with E-state index in [0.717, 1.165) is 27.6 Å². The van der Waals surface area contributed by atoms with Gasteiger partial charge in [-0.15, -0.1) is 0 Å². The first-order valence-corrected chi connectivity index (χ1v) is 7.06. The highest BCUT2D eigenvalue weighted by molar-refractivity contribution is 5.97. The van der Waals surface area contributed by atoms with E-state index < -0.39 is 0 Å². The molecule has 3 nitrogen and oxygen atoms in total. The molecule has 0 bridgehead atoms. The predicted molar refractivity (Wildman–Crippen MR) is 89.0 cm³/mol. The maximum absolute atomic E-state index is 5.69. The molecule has 112 valence electrons. The molecule has 0 aromatic heterocycles. The molecule has 0 saturated carbocycles. The van der Waals surface area contributed by atoms with Crippen LogP contribution in [0.2, 0.25) is 0 Å². The van der Waals surface area contributed by atoms with Crippen molar-refractivity contribution < 1.29 is 14.2 Å². The summed E-state index contributed by atoms with van der Waals surface area (Å²) in [5.41, 5.74) is 2.18. The molecule has 0 atom stereocenters. The van der Waals surface area contributed by atoms with Crippen molar-refractivity contribution in [3.63, 3.8) is 0 Å². The Balaban J connectivity index is 2.29. The molecule has 0 spiro atoms. The average molecular weight is 294 g/mol. The van der Waals surface area contributed by atoms with E-state index in [-0.39, 0.29) is 0 Å². The number of hydrogen-bond donors (Lipinski definition) is 0. The van der Waals surface area contributed by atoms with Crippen molar-refractivity contribution in [3.8, 4) is 28.4 Å². The van der Waals surface area contributed by atoms with Crippen LogP contribution in [0.1, 0.15) is 0 Å². The Bertz CT molecular complexity index is 795. The summed E-state index contributed by atoms with van der Waals surface area (Å²) in [5.74, 6) is 2.24. The zero-order valence-electron chi connectivity index (χ0n) is 12.9. The van der Waals surface area contributed by atoms with E-state index >= 15 is 0 Å². The van der Waals surface area contributed by atoms with Gasteiger partial charge < -0.3 is 14.2 Å². The van der Waals surface area contributed by atoms with Crippen molar-refractivity contribution in [2.24, 2.45) is 0 Å². The fourth-order valence-electron chi connectivity index (χ4n) is 2.69. The maximum atomic E-state index is 5.69. The summed E-state index contributed by atoms with van der Waals surface area (Å²) in [4.78, 5) is 0. The first-order valence-electron chi connectivity index (χ1n) is 7.06. The van der Waals surface area contributed by atoms with E-state index in [1.807, 2.05) is 30.3 Å². The lowest BCUT2D eigenvalue weighted by Crippen LogP contribution is -1.94. The number of methoxy groups -OCH3 is 3. The van der Waals surface area contributed by atoms with Crippen molar-refractivity contribution in [1.29, 1.82) is 0 Å². The molecule has 3 aromatic rings. The zero-order chi connectivity index (χ0) is 15.5. The lowest BCUT2D eigenvalue weighted by Gasteiger charge is -2.15. The molecule has 3 rings (SSSR count). The number of benzene rings is 3. The fraction of sp³-hybridized carbons (Fsp3) is 0.158. The third kappa shape index (κ3) is 2.35. The van der Waals surface area contributed by atoms with E-state index in [1.54, 1.807) is 21.3 Å². The van der Waals surface area contributed by atoms with E-state index in [4.69, 9.17) is 14.2 Å². The molecule has 0 aliphatic carbocycles. The van der Waals surface area contributed by atoms with Crippen LogP contribution in [0.3, 0.4) is 0 Å². The largest absolute Gasteiger partial charge is 0.495 e. The Morgan fingerprint density at radius 1 is 0.682 bits per heavy atom. The topological polar surface area (TPSA) is 27.7 Å². The molecule has 0 fully saturated rings. The van der Waals surface area contributed by atoms with Gasteiger partial charge >= 0.3 is 0 Å². The van der Waals surface area contributed by atoms with Gasteiger partial charge in [-0.05, 0) is 23.1 Å². The lowest BCUT2D eigenvalue weighted by molar-refractivity contribution is 0.355. The van der Waals surface area contributed by atoms with Gasteiger partial charge in [-0.25, -0.2) is 0 Å². The van der Waals surface area contributed by atoms with Gasteiger partial charge in [0.05, 0.1) is 21.3 Å². The van der Waals surface area contributed by atoms with Gasteiger partial charge in [0.25, 0.3) is 0 Å². The molecular weight excluding hydrogens is 276 g/mol. The molecule has 3 heteroatoms. The summed E-state index contributed by atoms with van der Waals surface area (Å²) in [6.45, 7) is 0. The van der Waals surface area contributed by atoms with Crippen LogP contribution in [0.15, 0.2) is 54.6 Å². The van der Waals surface area contributed by atoms with E-state index in [9.17, 15) is 0 Å². The zero-order valence-corrected chi connectivity index (χ0v) is 12.9. The normalized spacial score (nSPS) is 10.5. The summed E-state index contributed by atoms with van der Waals surface area (Å²) in [6.07, 6.45) is 0. The smallest absolute Gasteiger partial charge is 0.161 e. The number of ether oxygens (including phenoxy) is 3. The molecule has 3 aromatic carbocycles. The predicted octanol–water partition coefficient (Wildman–Crippen LogP) is 4.53. The Morgan fingerprint density at radius 2 is 1.36 bits per heavy atom. The maximum Gasteiger partial charge on any atom is 0.161 e. The first-order chi connectivity index (χ1) is 10.8. The van der Waals surface area contributed by atoms with Crippen LogP contribution in [0, 0.1) is 0 Å². The van der Waals surface area contributed by atoms with Crippen LogP contribution < -0.4 is 14.2 Å². The highest BCUT2D eigenvalue weighted by atomic mass is 16.5. The molecule has 22 heavy (non-hydrogen) atoms. The SMILES string of the molecule is COc1cc2ccc(-c3ccccc3)c(OC)c2cc1OC. The second-order valence-corrected chi connectivity index (χ2v) is 4.94. The minimum Gasteiger partial charge on any atom is -0.495 e. The molecule has 0 unspecified atom stereocenters. The molecule has 0 N–H and O–H groups in total. The molecule has 0 aliphatic heterocycles. The van der Waals surface area contributed by atoms with Gasteiger partial charge in [0.1, 0.15) is 5.75 Å². The van der Waals surface area contributed by atoms with Crippen molar-refractivity contribution in [1.82, 2.24) is 0 Å². The Hall–Kier alpha value is -2.68. The number of fused-ring (bicyclic) bond motifs is 1. The van der Waals surface area contributed by atoms with Crippen LogP contribution in [-0.2, 0) is 0 Å². The highest BCUT2D eigenvalue weighted by Crippen LogP contribution is 2.41. The van der Waals surface area contributed by atoms with Gasteiger partial charge in [-0.1, -0.05) is 42.5 Å². The lowest BCUT2D eigenvalue weighted by atomic mass is 9.99. The van der Waals surface area contributed by atoms with Gasteiger partial charge in [-0.2, -0.15) is 0 Å². The Kier molecular flexibility index (Phi) is 3.88. The van der Waals surface area contributed by atoms with Crippen LogP contribution >= 0.6 is 0 Å². The van der Waals surface area contributed by atoms with Gasteiger partial charge in [0.15, 0.2) is 11.5 Å². The minimum atomic E-state index is 0.693. The van der Waals surface area contributed by atoms with Gasteiger partial charge in [-0.3, -0.25) is 0 Å². The molecular formula is C19H18O3. The van der Waals surface area contributed by atoms with Crippen LogP contribution in [-0.4, -0.2) is 21.3 Å². The molecule has 0 aliphatic rings. The summed E-state index contributed by atoms with van der Waals surface area (Å²) >= 11 is 0. The third-order valence-corrected chi connectivity index (χ3v) is 3.76. The minimum absolute atomic E-state index is 0.693. The number of rotatable bonds is 4. The summed E-state index contributed by atoms with van der Waals surface area (Å²) in [6, 6.07) is 18.3. The fourth-order valence-corrected chi connectivity index (χ4v) is 2.69. The second-order valence-electron chi connectivity index (χ2n) is 4.94. The summed E-state index contributed by atoms with van der Waals surface area (Å²) in [5, 5.41) is 2.05. The summed E-state index contributed by atoms with van der Waals surface area (Å²) < 4.78 is 16.5. The Labute approximate surface area is 130 Å². The van der Waals surface area contributed by atoms with Crippen molar-refractivity contribution in [2.45, 2.75) is 0 Å². The van der Waals surface area contributed by atoms with Crippen LogP contribution in [0.25, 0.3) is 21.9 Å². The molecule has 0 radical (unpaired) electrons. The van der Waals surface area contributed by atoms with Crippen molar-refractivity contribution >= 4 is 10.8 Å². The average Bonchev–Trinajstić information content (AvgIpc) is 2.60. The second kappa shape index (κ2) is 5.98. The van der Waals surface area contributed by atoms with Crippen LogP contribution in [0.5, 0.6) is 17.2 Å². The molecule has 0 heterocycles. The quantitative estimate of drug-likeness (QED) is 0.707. The molecule has 0 amide bonds. The van der Waals surface area contributed by atoms with E-state index in [2.05, 4.69) is 24.3 Å². The molecule has 0 saturated heterocycles. The highest BCUT2D eigenvalue weighted by Gasteiger charge is 2.13. The van der Waals surface area contributed by atoms with Crippen molar-refractivity contribution in [2.75, 3.05) is 21.3 Å². The van der Waals surface area contributed by atoms with E-state index in [0.29, 0.717) is 11.5 Å². The monoisotopic (exact) mass is 294 g/mol. The Morgan fingerprint density at radius 3 is 2.00 bits per heavy atom. The summed E-state index contributed by atoms with van der Waals surface area (Å²) in [7, 11) is 4.97. The number of hydrogen-bond acceptors (Lipinski definition) is 3. The van der Waals surface area contributed by atoms with Gasteiger partial charge in [0.2, 0.25) is 0 Å². The third-order valence-electron chi connectivity index (χ3n) is 3.76. The van der Waals surface area contributed by atoms with Crippen molar-refractivity contribution in [3.05, 3.63) is 54.6 Å². The van der Waals surface area contributed by atoms with Gasteiger partial charge in [0, 0.05) is 10.9 Å². The van der Waals surface area contributed by atoms with E-state index in [1.165, 1.54) is 0 Å².